The van der Waals surface area contributed by atoms with Crippen LogP contribution in [0, 0.1) is 23.0 Å². The highest BCUT2D eigenvalue weighted by atomic mass is 35.5. The van der Waals surface area contributed by atoms with E-state index in [1.807, 2.05) is 0 Å². The normalized spacial score (nSPS) is 15.9. The summed E-state index contributed by atoms with van der Waals surface area (Å²) in [6.45, 7) is 2.26. The fraction of sp³-hybridized carbons (Fsp3) is 0.611. The standard InChI is InChI=1S/C18H22Cl2FN5O4/c1-11-16(26(27)28)17(24-25(11)13-3-5-29-6-4-13)30-7-2-12(9-21)8-15-14(19)10-22-18(20)23-15/h10,12-13H,2-9H2,1H3. The zero-order valence-corrected chi connectivity index (χ0v) is 17.9. The van der Waals surface area contributed by atoms with Crippen molar-refractivity contribution in [2.24, 2.45) is 5.92 Å². The van der Waals surface area contributed by atoms with Crippen molar-refractivity contribution in [3.8, 4) is 5.88 Å². The molecule has 9 nitrogen and oxygen atoms in total. The Morgan fingerprint density at radius 3 is 2.83 bits per heavy atom. The van der Waals surface area contributed by atoms with Crippen LogP contribution in [0.3, 0.4) is 0 Å². The van der Waals surface area contributed by atoms with Gasteiger partial charge in [-0.15, -0.1) is 5.10 Å². The first-order chi connectivity index (χ1) is 14.4. The highest BCUT2D eigenvalue weighted by Gasteiger charge is 2.30. The van der Waals surface area contributed by atoms with Gasteiger partial charge >= 0.3 is 11.6 Å². The Bertz CT molecular complexity index is 892. The van der Waals surface area contributed by atoms with Gasteiger partial charge in [-0.25, -0.2) is 9.97 Å². The monoisotopic (exact) mass is 461 g/mol. The van der Waals surface area contributed by atoms with E-state index in [0.29, 0.717) is 36.0 Å². The summed E-state index contributed by atoms with van der Waals surface area (Å²) < 4.78 is 26.1. The minimum atomic E-state index is -0.626. The number of hydrogen-bond donors (Lipinski definition) is 0. The Labute approximate surface area is 182 Å². The molecule has 0 N–H and O–H groups in total. The Morgan fingerprint density at radius 1 is 1.43 bits per heavy atom. The molecule has 164 valence electrons. The zero-order chi connectivity index (χ0) is 21.7. The lowest BCUT2D eigenvalue weighted by Crippen LogP contribution is -2.21. The number of hydrogen-bond acceptors (Lipinski definition) is 7. The number of nitro groups is 1. The van der Waals surface area contributed by atoms with Gasteiger partial charge < -0.3 is 9.47 Å². The molecule has 0 spiro atoms. The molecule has 2 aromatic heterocycles. The molecule has 3 heterocycles. The van der Waals surface area contributed by atoms with E-state index in [4.69, 9.17) is 32.7 Å². The van der Waals surface area contributed by atoms with Gasteiger partial charge in [-0.05, 0) is 50.1 Å². The van der Waals surface area contributed by atoms with E-state index in [0.717, 1.165) is 12.8 Å². The molecule has 3 rings (SSSR count). The molecule has 0 radical (unpaired) electrons. The lowest BCUT2D eigenvalue weighted by atomic mass is 10.0. The van der Waals surface area contributed by atoms with Gasteiger partial charge in [0.25, 0.3) is 0 Å². The van der Waals surface area contributed by atoms with E-state index in [1.165, 1.54) is 6.20 Å². The first-order valence-electron chi connectivity index (χ1n) is 9.57. The number of rotatable bonds is 9. The summed E-state index contributed by atoms with van der Waals surface area (Å²) in [5, 5.41) is 16.2. The van der Waals surface area contributed by atoms with Crippen molar-refractivity contribution < 1.29 is 18.8 Å². The van der Waals surface area contributed by atoms with Crippen molar-refractivity contribution in [2.45, 2.75) is 38.6 Å². The molecule has 1 aliphatic heterocycles. The average molecular weight is 462 g/mol. The van der Waals surface area contributed by atoms with Gasteiger partial charge in [0.05, 0.1) is 41.2 Å². The fourth-order valence-corrected chi connectivity index (χ4v) is 3.75. The molecule has 30 heavy (non-hydrogen) atoms. The number of aromatic nitrogens is 4. The molecule has 0 amide bonds. The second kappa shape index (κ2) is 10.3. The minimum Gasteiger partial charge on any atom is -0.472 e. The maximum absolute atomic E-state index is 13.5. The van der Waals surface area contributed by atoms with Crippen LogP contribution in [0.4, 0.5) is 10.1 Å². The SMILES string of the molecule is Cc1c([N+](=O)[O-])c(OCCC(CF)Cc2nc(Cl)ncc2Cl)nn1C1CCOCC1. The van der Waals surface area contributed by atoms with E-state index in [9.17, 15) is 14.5 Å². The summed E-state index contributed by atoms with van der Waals surface area (Å²) in [5.74, 6) is -0.490. The Kier molecular flexibility index (Phi) is 7.79. The maximum Gasteiger partial charge on any atom is 0.352 e. The summed E-state index contributed by atoms with van der Waals surface area (Å²) in [6, 6.07) is 0.0260. The van der Waals surface area contributed by atoms with Crippen molar-refractivity contribution in [1.29, 1.82) is 0 Å². The Morgan fingerprint density at radius 2 is 2.17 bits per heavy atom. The first-order valence-corrected chi connectivity index (χ1v) is 10.3. The third kappa shape index (κ3) is 5.35. The van der Waals surface area contributed by atoms with Crippen molar-refractivity contribution in [2.75, 3.05) is 26.5 Å². The van der Waals surface area contributed by atoms with Crippen LogP contribution < -0.4 is 4.74 Å². The molecule has 1 saturated heterocycles. The van der Waals surface area contributed by atoms with Crippen LogP contribution in [0.15, 0.2) is 6.20 Å². The third-order valence-corrected chi connectivity index (χ3v) is 5.56. The zero-order valence-electron chi connectivity index (χ0n) is 16.4. The summed E-state index contributed by atoms with van der Waals surface area (Å²) in [4.78, 5) is 18.9. The van der Waals surface area contributed by atoms with Crippen molar-refractivity contribution in [1.82, 2.24) is 19.7 Å². The van der Waals surface area contributed by atoms with Crippen LogP contribution in [-0.4, -0.2) is 51.2 Å². The van der Waals surface area contributed by atoms with Crippen LogP contribution in [0.25, 0.3) is 0 Å². The van der Waals surface area contributed by atoms with Crippen molar-refractivity contribution in [3.05, 3.63) is 38.0 Å². The topological polar surface area (TPSA) is 105 Å². The largest absolute Gasteiger partial charge is 0.472 e. The maximum atomic E-state index is 13.5. The summed E-state index contributed by atoms with van der Waals surface area (Å²) >= 11 is 11.8. The van der Waals surface area contributed by atoms with Gasteiger partial charge in [-0.1, -0.05) is 11.6 Å². The molecule has 1 aliphatic rings. The van der Waals surface area contributed by atoms with E-state index >= 15 is 0 Å². The van der Waals surface area contributed by atoms with Gasteiger partial charge in [0.1, 0.15) is 5.69 Å². The predicted molar refractivity (Wildman–Crippen MR) is 108 cm³/mol. The molecule has 12 heteroatoms. The molecule has 1 unspecified atom stereocenters. The first kappa shape index (κ1) is 22.6. The number of alkyl halides is 1. The number of halogens is 3. The van der Waals surface area contributed by atoms with Crippen LogP contribution in [0.2, 0.25) is 10.3 Å². The highest BCUT2D eigenvalue weighted by Crippen LogP contribution is 2.34. The highest BCUT2D eigenvalue weighted by molar-refractivity contribution is 6.31. The van der Waals surface area contributed by atoms with Crippen LogP contribution >= 0.6 is 23.2 Å². The van der Waals surface area contributed by atoms with Crippen LogP contribution in [0.1, 0.15) is 36.7 Å². The summed E-state index contributed by atoms with van der Waals surface area (Å²) in [5.41, 5.74) is 0.722. The predicted octanol–water partition coefficient (Wildman–Crippen LogP) is 4.15. The fourth-order valence-electron chi connectivity index (χ4n) is 3.43. The quantitative estimate of drug-likeness (QED) is 0.313. The van der Waals surface area contributed by atoms with Gasteiger partial charge in [-0.2, -0.15) is 0 Å². The average Bonchev–Trinajstić information content (AvgIpc) is 3.06. The molecule has 1 atom stereocenters. The lowest BCUT2D eigenvalue weighted by Gasteiger charge is -2.22. The molecular weight excluding hydrogens is 440 g/mol. The third-order valence-electron chi connectivity index (χ3n) is 5.06. The lowest BCUT2D eigenvalue weighted by molar-refractivity contribution is -0.386. The van der Waals surface area contributed by atoms with E-state index in [2.05, 4.69) is 15.1 Å². The second-order valence-electron chi connectivity index (χ2n) is 7.08. The smallest absolute Gasteiger partial charge is 0.352 e. The summed E-state index contributed by atoms with van der Waals surface area (Å²) in [7, 11) is 0. The van der Waals surface area contributed by atoms with E-state index in [1.54, 1.807) is 11.6 Å². The molecule has 1 fully saturated rings. The molecule has 2 aromatic rings. The number of nitrogens with zero attached hydrogens (tertiary/aromatic N) is 5. The van der Waals surface area contributed by atoms with Gasteiger partial charge in [0.15, 0.2) is 0 Å². The summed E-state index contributed by atoms with van der Waals surface area (Å²) in [6.07, 6.45) is 3.37. The number of ether oxygens (including phenoxy) is 2. The van der Waals surface area contributed by atoms with Gasteiger partial charge in [0.2, 0.25) is 5.28 Å². The van der Waals surface area contributed by atoms with Gasteiger partial charge in [0, 0.05) is 13.2 Å². The molecule has 0 bridgehead atoms. The molecule has 0 saturated carbocycles. The molecule has 0 aromatic carbocycles. The Balaban J connectivity index is 1.66. The minimum absolute atomic E-state index is 0.0260. The van der Waals surface area contributed by atoms with Gasteiger partial charge in [-0.3, -0.25) is 19.2 Å². The van der Waals surface area contributed by atoms with Crippen molar-refractivity contribution >= 4 is 28.9 Å². The second-order valence-corrected chi connectivity index (χ2v) is 7.82. The van der Waals surface area contributed by atoms with Crippen LogP contribution in [0.5, 0.6) is 5.88 Å². The van der Waals surface area contributed by atoms with E-state index in [-0.39, 0.29) is 35.9 Å². The van der Waals surface area contributed by atoms with E-state index < -0.39 is 17.5 Å². The van der Waals surface area contributed by atoms with Crippen LogP contribution in [-0.2, 0) is 11.2 Å². The molecular formula is C18H22Cl2FN5O4. The van der Waals surface area contributed by atoms with Crippen molar-refractivity contribution in [3.63, 3.8) is 0 Å². The molecule has 0 aliphatic carbocycles. The Hall–Kier alpha value is -2.04.